The fraction of sp³-hybridized carbons (Fsp3) is 0.333. The fourth-order valence-electron chi connectivity index (χ4n) is 4.57. The number of likely N-dealkylation sites (N-methyl/N-ethyl adjacent to an activating group) is 1. The van der Waals surface area contributed by atoms with Crippen LogP contribution < -0.4 is 0 Å². The monoisotopic (exact) mass is 330 g/mol. The van der Waals surface area contributed by atoms with Gasteiger partial charge < -0.3 is 4.57 Å². The Morgan fingerprint density at radius 2 is 1.92 bits per heavy atom. The van der Waals surface area contributed by atoms with Crippen molar-refractivity contribution < 1.29 is 0 Å². The van der Waals surface area contributed by atoms with Crippen LogP contribution >= 0.6 is 0 Å². The molecular weight excluding hydrogens is 308 g/mol. The van der Waals surface area contributed by atoms with E-state index in [4.69, 9.17) is 0 Å². The number of benzene rings is 1. The lowest BCUT2D eigenvalue weighted by Crippen LogP contribution is -2.34. The van der Waals surface area contributed by atoms with Crippen LogP contribution in [0.15, 0.2) is 36.7 Å². The van der Waals surface area contributed by atoms with Crippen molar-refractivity contribution in [3.63, 3.8) is 0 Å². The van der Waals surface area contributed by atoms with Crippen molar-refractivity contribution in [2.75, 3.05) is 7.05 Å². The van der Waals surface area contributed by atoms with E-state index in [1.165, 1.54) is 35.0 Å². The number of hydrogen-bond donors (Lipinski definition) is 0. The minimum absolute atomic E-state index is 0.566. The third-order valence-electron chi connectivity index (χ3n) is 5.88. The summed E-state index contributed by atoms with van der Waals surface area (Å²) < 4.78 is 2.39. The van der Waals surface area contributed by atoms with Crippen LogP contribution in [-0.2, 0) is 6.42 Å². The summed E-state index contributed by atoms with van der Waals surface area (Å²) in [5.41, 5.74) is 5.36. The largest absolute Gasteiger partial charge is 0.320 e. The van der Waals surface area contributed by atoms with Crippen molar-refractivity contribution in [1.29, 1.82) is 0 Å². The third-order valence-corrected chi connectivity index (χ3v) is 5.88. The summed E-state index contributed by atoms with van der Waals surface area (Å²) in [6.07, 6.45) is 11.8. The second kappa shape index (κ2) is 5.53. The fourth-order valence-corrected chi connectivity index (χ4v) is 4.57. The average Bonchev–Trinajstić information content (AvgIpc) is 3.05. The van der Waals surface area contributed by atoms with Crippen molar-refractivity contribution >= 4 is 23.2 Å². The van der Waals surface area contributed by atoms with E-state index in [1.807, 2.05) is 19.3 Å². The Bertz CT molecular complexity index is 967. The number of aromatic nitrogens is 3. The molecule has 2 bridgehead atoms. The van der Waals surface area contributed by atoms with Gasteiger partial charge in [0.1, 0.15) is 5.82 Å². The van der Waals surface area contributed by atoms with Gasteiger partial charge >= 0.3 is 0 Å². The number of hydrogen-bond acceptors (Lipinski definition) is 3. The molecule has 2 atom stereocenters. The zero-order chi connectivity index (χ0) is 17.0. The van der Waals surface area contributed by atoms with Crippen LogP contribution in [0, 0.1) is 6.92 Å². The molecule has 1 aromatic carbocycles. The van der Waals surface area contributed by atoms with Gasteiger partial charge in [0.05, 0.1) is 5.52 Å². The van der Waals surface area contributed by atoms with E-state index in [-0.39, 0.29) is 0 Å². The Morgan fingerprint density at radius 3 is 2.76 bits per heavy atom. The molecule has 0 radical (unpaired) electrons. The van der Waals surface area contributed by atoms with Crippen LogP contribution in [0.25, 0.3) is 23.2 Å². The van der Waals surface area contributed by atoms with Gasteiger partial charge in [-0.2, -0.15) is 0 Å². The molecule has 0 saturated carbocycles. The van der Waals surface area contributed by atoms with E-state index in [0.29, 0.717) is 12.1 Å². The first-order valence-corrected chi connectivity index (χ1v) is 9.03. The highest BCUT2D eigenvalue weighted by Crippen LogP contribution is 2.46. The van der Waals surface area contributed by atoms with E-state index in [9.17, 15) is 0 Å². The Hall–Kier alpha value is -2.46. The average molecular weight is 330 g/mol. The summed E-state index contributed by atoms with van der Waals surface area (Å²) in [6.45, 7) is 1.91. The van der Waals surface area contributed by atoms with Crippen LogP contribution in [0.3, 0.4) is 0 Å². The highest BCUT2D eigenvalue weighted by molar-refractivity contribution is 5.89. The molecule has 2 aliphatic heterocycles. The first kappa shape index (κ1) is 14.8. The normalized spacial score (nSPS) is 22.8. The summed E-state index contributed by atoms with van der Waals surface area (Å²) in [4.78, 5) is 11.2. The molecule has 0 N–H and O–H groups in total. The van der Waals surface area contributed by atoms with Gasteiger partial charge in [0, 0.05) is 53.7 Å². The molecule has 126 valence electrons. The van der Waals surface area contributed by atoms with Gasteiger partial charge in [0.25, 0.3) is 0 Å². The molecule has 2 aliphatic rings. The van der Waals surface area contributed by atoms with Gasteiger partial charge in [0.15, 0.2) is 0 Å². The van der Waals surface area contributed by atoms with E-state index in [1.54, 1.807) is 0 Å². The van der Waals surface area contributed by atoms with Crippen LogP contribution in [0.1, 0.15) is 41.5 Å². The maximum atomic E-state index is 4.29. The van der Waals surface area contributed by atoms with Crippen molar-refractivity contribution in [2.45, 2.75) is 38.3 Å². The lowest BCUT2D eigenvalue weighted by Gasteiger charge is -2.32. The summed E-state index contributed by atoms with van der Waals surface area (Å²) in [7, 11) is 2.29. The summed E-state index contributed by atoms with van der Waals surface area (Å²) >= 11 is 0. The van der Waals surface area contributed by atoms with E-state index >= 15 is 0 Å². The maximum absolute atomic E-state index is 4.29. The maximum Gasteiger partial charge on any atom is 0.125 e. The smallest absolute Gasteiger partial charge is 0.125 e. The number of aryl methyl sites for hydroxylation is 1. The van der Waals surface area contributed by atoms with E-state index < -0.39 is 0 Å². The van der Waals surface area contributed by atoms with E-state index in [2.05, 4.69) is 63.0 Å². The molecule has 3 aromatic rings. The topological polar surface area (TPSA) is 34.0 Å². The molecule has 0 aliphatic carbocycles. The van der Waals surface area contributed by atoms with Gasteiger partial charge in [-0.15, -0.1) is 0 Å². The number of para-hydroxylation sites is 1. The first-order chi connectivity index (χ1) is 12.2. The van der Waals surface area contributed by atoms with Crippen molar-refractivity contribution in [2.24, 2.45) is 0 Å². The molecule has 4 nitrogen and oxygen atoms in total. The molecule has 5 rings (SSSR count). The van der Waals surface area contributed by atoms with Gasteiger partial charge in [-0.3, -0.25) is 4.90 Å². The van der Waals surface area contributed by atoms with Gasteiger partial charge in [-0.25, -0.2) is 9.97 Å². The van der Waals surface area contributed by atoms with Gasteiger partial charge in [-0.1, -0.05) is 18.2 Å². The molecule has 0 spiro atoms. The van der Waals surface area contributed by atoms with Crippen LogP contribution in [0.2, 0.25) is 0 Å². The highest BCUT2D eigenvalue weighted by Gasteiger charge is 2.40. The van der Waals surface area contributed by atoms with Crippen LogP contribution in [0.5, 0.6) is 0 Å². The van der Waals surface area contributed by atoms with Crippen molar-refractivity contribution in [3.8, 4) is 0 Å². The molecule has 2 aromatic heterocycles. The Balaban J connectivity index is 1.66. The SMILES string of the molecule is Cc1ncc(/C=C/n2c3c(c4ccccc42)C2CCC(C3)N2C)cn1. The zero-order valence-electron chi connectivity index (χ0n) is 14.7. The minimum Gasteiger partial charge on any atom is -0.320 e. The standard InChI is InChI=1S/C21H22N4/c1-14-22-12-15(13-23-14)9-10-25-18-6-4-3-5-17(18)21-19-8-7-16(24(19)2)11-20(21)25/h3-6,9-10,12-13,16,19H,7-8,11H2,1-2H3/b10-9+. The van der Waals surface area contributed by atoms with Crippen LogP contribution in [-0.4, -0.2) is 32.5 Å². The van der Waals surface area contributed by atoms with Crippen LogP contribution in [0.4, 0.5) is 0 Å². The predicted molar refractivity (Wildman–Crippen MR) is 101 cm³/mol. The molecule has 1 saturated heterocycles. The summed E-state index contributed by atoms with van der Waals surface area (Å²) in [6, 6.07) is 10.0. The van der Waals surface area contributed by atoms with Crippen molar-refractivity contribution in [1.82, 2.24) is 19.4 Å². The predicted octanol–water partition coefficient (Wildman–Crippen LogP) is 4.06. The lowest BCUT2D eigenvalue weighted by atomic mass is 9.97. The minimum atomic E-state index is 0.566. The Kier molecular flexibility index (Phi) is 3.28. The zero-order valence-corrected chi connectivity index (χ0v) is 14.7. The molecule has 2 unspecified atom stereocenters. The highest BCUT2D eigenvalue weighted by atomic mass is 15.2. The summed E-state index contributed by atoms with van der Waals surface area (Å²) in [5.74, 6) is 0.806. The number of nitrogens with zero attached hydrogens (tertiary/aromatic N) is 4. The second-order valence-corrected chi connectivity index (χ2v) is 7.24. The second-order valence-electron chi connectivity index (χ2n) is 7.24. The molecule has 4 heteroatoms. The Morgan fingerprint density at radius 1 is 1.12 bits per heavy atom. The first-order valence-electron chi connectivity index (χ1n) is 9.03. The number of fused-ring (bicyclic) bond motifs is 6. The quantitative estimate of drug-likeness (QED) is 0.710. The van der Waals surface area contributed by atoms with Gasteiger partial charge in [0.2, 0.25) is 0 Å². The van der Waals surface area contributed by atoms with E-state index in [0.717, 1.165) is 17.8 Å². The molecular formula is C21H22N4. The molecule has 4 heterocycles. The third kappa shape index (κ3) is 2.24. The number of rotatable bonds is 2. The lowest BCUT2D eigenvalue weighted by molar-refractivity contribution is 0.223. The Labute approximate surface area is 147 Å². The molecule has 1 fully saturated rings. The van der Waals surface area contributed by atoms with Crippen molar-refractivity contribution in [3.05, 3.63) is 59.3 Å². The molecule has 0 amide bonds. The molecule has 25 heavy (non-hydrogen) atoms. The van der Waals surface area contributed by atoms with Gasteiger partial charge in [-0.05, 0) is 44.5 Å². The summed E-state index contributed by atoms with van der Waals surface area (Å²) in [5, 5.41) is 1.40.